The van der Waals surface area contributed by atoms with Gasteiger partial charge in [0.25, 0.3) is 0 Å². The van der Waals surface area contributed by atoms with Crippen LogP contribution < -0.4 is 11.3 Å². The van der Waals surface area contributed by atoms with Crippen molar-refractivity contribution in [1.82, 2.24) is 15.2 Å². The van der Waals surface area contributed by atoms with Crippen LogP contribution in [0.4, 0.5) is 4.39 Å². The van der Waals surface area contributed by atoms with Gasteiger partial charge in [-0.25, -0.2) is 4.39 Å². The fourth-order valence-corrected chi connectivity index (χ4v) is 2.20. The van der Waals surface area contributed by atoms with Gasteiger partial charge in [0.15, 0.2) is 0 Å². The Kier molecular flexibility index (Phi) is 3.97. The second kappa shape index (κ2) is 5.50. The molecule has 2 rings (SSSR count). The minimum atomic E-state index is -0.223. The lowest BCUT2D eigenvalue weighted by atomic mass is 9.97. The Hall–Kier alpha value is -1.72. The minimum Gasteiger partial charge on any atom is -0.273 e. The predicted molar refractivity (Wildman–Crippen MR) is 72.9 cm³/mol. The summed E-state index contributed by atoms with van der Waals surface area (Å²) >= 11 is 0. The average molecular weight is 262 g/mol. The van der Waals surface area contributed by atoms with Gasteiger partial charge < -0.3 is 0 Å². The Balaban J connectivity index is 2.29. The fourth-order valence-electron chi connectivity index (χ4n) is 2.20. The number of nitrogens with one attached hydrogen (secondary N) is 1. The maximum atomic E-state index is 13.3. The van der Waals surface area contributed by atoms with Crippen LogP contribution in [-0.4, -0.2) is 9.78 Å². The van der Waals surface area contributed by atoms with Crippen LogP contribution in [0.5, 0.6) is 0 Å². The largest absolute Gasteiger partial charge is 0.273 e. The number of hydrogen-bond acceptors (Lipinski definition) is 3. The van der Waals surface area contributed by atoms with Gasteiger partial charge in [-0.15, -0.1) is 0 Å². The monoisotopic (exact) mass is 262 g/mol. The van der Waals surface area contributed by atoms with Gasteiger partial charge in [0, 0.05) is 18.3 Å². The Bertz CT molecular complexity index is 577. The molecule has 1 atom stereocenters. The van der Waals surface area contributed by atoms with Gasteiger partial charge in [-0.3, -0.25) is 16.0 Å². The fraction of sp³-hybridized carbons (Fsp3) is 0.357. The number of aromatic nitrogens is 2. The summed E-state index contributed by atoms with van der Waals surface area (Å²) < 4.78 is 15.1. The highest BCUT2D eigenvalue weighted by atomic mass is 19.1. The van der Waals surface area contributed by atoms with E-state index in [9.17, 15) is 4.39 Å². The zero-order valence-electron chi connectivity index (χ0n) is 11.4. The van der Waals surface area contributed by atoms with E-state index >= 15 is 0 Å². The number of hydrogen-bond donors (Lipinski definition) is 2. The molecule has 4 nitrogen and oxygen atoms in total. The molecule has 1 aromatic carbocycles. The van der Waals surface area contributed by atoms with Crippen molar-refractivity contribution in [2.24, 2.45) is 12.9 Å². The first-order valence-electron chi connectivity index (χ1n) is 6.22. The number of hydrazine groups is 1. The van der Waals surface area contributed by atoms with Crippen molar-refractivity contribution in [2.45, 2.75) is 26.3 Å². The number of nitrogens with two attached hydrogens (primary N) is 1. The molecule has 5 heteroatoms. The number of nitrogens with zero attached hydrogens (tertiary/aromatic N) is 2. The first-order valence-corrected chi connectivity index (χ1v) is 6.22. The third kappa shape index (κ3) is 2.83. The second-order valence-corrected chi connectivity index (χ2v) is 4.80. The normalized spacial score (nSPS) is 12.7. The van der Waals surface area contributed by atoms with Crippen molar-refractivity contribution in [3.8, 4) is 0 Å². The van der Waals surface area contributed by atoms with E-state index in [2.05, 4.69) is 10.5 Å². The van der Waals surface area contributed by atoms with Gasteiger partial charge in [0.2, 0.25) is 0 Å². The van der Waals surface area contributed by atoms with Crippen molar-refractivity contribution >= 4 is 0 Å². The summed E-state index contributed by atoms with van der Waals surface area (Å²) in [5.41, 5.74) is 6.89. The summed E-state index contributed by atoms with van der Waals surface area (Å²) in [5, 5.41) is 4.21. The van der Waals surface area contributed by atoms with Crippen LogP contribution in [0.3, 0.4) is 0 Å². The highest BCUT2D eigenvalue weighted by Gasteiger charge is 2.17. The lowest BCUT2D eigenvalue weighted by Crippen LogP contribution is -2.30. The Morgan fingerprint density at radius 3 is 2.74 bits per heavy atom. The number of benzene rings is 1. The molecular weight excluding hydrogens is 243 g/mol. The molecule has 0 bridgehead atoms. The van der Waals surface area contributed by atoms with E-state index in [-0.39, 0.29) is 11.9 Å². The molecule has 0 radical (unpaired) electrons. The highest BCUT2D eigenvalue weighted by molar-refractivity contribution is 5.30. The quantitative estimate of drug-likeness (QED) is 0.654. The first-order chi connectivity index (χ1) is 9.02. The SMILES string of the molecule is Cc1ccc(F)cc1CC(NN)c1cnn(C)c1C. The lowest BCUT2D eigenvalue weighted by Gasteiger charge is -2.17. The molecular formula is C14H19FN4. The van der Waals surface area contributed by atoms with Crippen LogP contribution in [0.2, 0.25) is 0 Å². The molecule has 102 valence electrons. The molecule has 1 unspecified atom stereocenters. The van der Waals surface area contributed by atoms with Gasteiger partial charge in [-0.1, -0.05) is 6.07 Å². The molecule has 0 aliphatic carbocycles. The summed E-state index contributed by atoms with van der Waals surface area (Å²) in [6.07, 6.45) is 2.43. The van der Waals surface area contributed by atoms with Crippen molar-refractivity contribution in [3.63, 3.8) is 0 Å². The topological polar surface area (TPSA) is 55.9 Å². The molecule has 3 N–H and O–H groups in total. The molecule has 0 aliphatic rings. The Morgan fingerprint density at radius 2 is 2.16 bits per heavy atom. The number of halogens is 1. The third-order valence-corrected chi connectivity index (χ3v) is 3.59. The van der Waals surface area contributed by atoms with E-state index in [1.54, 1.807) is 23.0 Å². The van der Waals surface area contributed by atoms with Gasteiger partial charge in [0.05, 0.1) is 12.2 Å². The summed E-state index contributed by atoms with van der Waals surface area (Å²) in [7, 11) is 1.89. The molecule has 0 spiro atoms. The Morgan fingerprint density at radius 1 is 1.42 bits per heavy atom. The zero-order valence-corrected chi connectivity index (χ0v) is 11.4. The maximum absolute atomic E-state index is 13.3. The third-order valence-electron chi connectivity index (χ3n) is 3.59. The van der Waals surface area contributed by atoms with E-state index < -0.39 is 0 Å². The maximum Gasteiger partial charge on any atom is 0.123 e. The van der Waals surface area contributed by atoms with Gasteiger partial charge in [-0.2, -0.15) is 5.10 Å². The second-order valence-electron chi connectivity index (χ2n) is 4.80. The van der Waals surface area contributed by atoms with Crippen LogP contribution in [0, 0.1) is 19.7 Å². The molecule has 2 aromatic rings. The van der Waals surface area contributed by atoms with Crippen LogP contribution in [0.15, 0.2) is 24.4 Å². The zero-order chi connectivity index (χ0) is 14.0. The molecule has 1 heterocycles. The molecule has 0 saturated heterocycles. The molecule has 19 heavy (non-hydrogen) atoms. The van der Waals surface area contributed by atoms with Crippen LogP contribution in [-0.2, 0) is 13.5 Å². The number of rotatable bonds is 4. The van der Waals surface area contributed by atoms with E-state index in [1.165, 1.54) is 6.07 Å². The number of aryl methyl sites for hydroxylation is 2. The van der Waals surface area contributed by atoms with E-state index in [0.29, 0.717) is 6.42 Å². The lowest BCUT2D eigenvalue weighted by molar-refractivity contribution is 0.543. The molecule has 0 saturated carbocycles. The van der Waals surface area contributed by atoms with Crippen molar-refractivity contribution in [1.29, 1.82) is 0 Å². The van der Waals surface area contributed by atoms with Gasteiger partial charge >= 0.3 is 0 Å². The summed E-state index contributed by atoms with van der Waals surface area (Å²) in [5.74, 6) is 5.42. The molecule has 1 aromatic heterocycles. The predicted octanol–water partition coefficient (Wildman–Crippen LogP) is 1.92. The Labute approximate surface area is 112 Å². The van der Waals surface area contributed by atoms with Crippen molar-refractivity contribution in [3.05, 3.63) is 52.6 Å². The van der Waals surface area contributed by atoms with Gasteiger partial charge in [-0.05, 0) is 43.5 Å². The molecule has 0 aliphatic heterocycles. The summed E-state index contributed by atoms with van der Waals surface area (Å²) in [6, 6.07) is 4.74. The summed E-state index contributed by atoms with van der Waals surface area (Å²) in [4.78, 5) is 0. The van der Waals surface area contributed by atoms with E-state index in [0.717, 1.165) is 22.4 Å². The highest BCUT2D eigenvalue weighted by Crippen LogP contribution is 2.22. The van der Waals surface area contributed by atoms with Crippen LogP contribution >= 0.6 is 0 Å². The van der Waals surface area contributed by atoms with Crippen molar-refractivity contribution < 1.29 is 4.39 Å². The summed E-state index contributed by atoms with van der Waals surface area (Å²) in [6.45, 7) is 3.96. The average Bonchev–Trinajstić information content (AvgIpc) is 2.71. The standard InChI is InChI=1S/C14H19FN4/c1-9-4-5-12(15)6-11(9)7-14(18-16)13-8-17-19(3)10(13)2/h4-6,8,14,18H,7,16H2,1-3H3. The first kappa shape index (κ1) is 13.7. The van der Waals surface area contributed by atoms with Crippen LogP contribution in [0.25, 0.3) is 0 Å². The minimum absolute atomic E-state index is 0.0748. The van der Waals surface area contributed by atoms with Crippen LogP contribution in [0.1, 0.15) is 28.4 Å². The smallest absolute Gasteiger partial charge is 0.123 e. The van der Waals surface area contributed by atoms with E-state index in [1.807, 2.05) is 20.9 Å². The van der Waals surface area contributed by atoms with E-state index in [4.69, 9.17) is 5.84 Å². The molecule has 0 amide bonds. The molecule has 0 fully saturated rings. The van der Waals surface area contributed by atoms with Gasteiger partial charge in [0.1, 0.15) is 5.82 Å². The van der Waals surface area contributed by atoms with Crippen molar-refractivity contribution in [2.75, 3.05) is 0 Å².